The third kappa shape index (κ3) is 3.50. The first-order chi connectivity index (χ1) is 11.4. The molecule has 1 aliphatic heterocycles. The maximum absolute atomic E-state index is 12.6. The van der Waals surface area contributed by atoms with Crippen LogP contribution in [0.3, 0.4) is 0 Å². The summed E-state index contributed by atoms with van der Waals surface area (Å²) in [6, 6.07) is 7.68. The van der Waals surface area contributed by atoms with Gasteiger partial charge in [-0.25, -0.2) is 4.79 Å². The van der Waals surface area contributed by atoms with Gasteiger partial charge in [0.2, 0.25) is 0 Å². The number of aryl methyl sites for hydroxylation is 1. The van der Waals surface area contributed by atoms with Crippen LogP contribution >= 0.6 is 0 Å². The van der Waals surface area contributed by atoms with Gasteiger partial charge in [-0.3, -0.25) is 0 Å². The number of urea groups is 1. The zero-order valence-corrected chi connectivity index (χ0v) is 13.2. The number of carbonyl (C=O) groups is 1. The highest BCUT2D eigenvalue weighted by Crippen LogP contribution is 2.33. The number of amides is 2. The SMILES string of the molecule is O=C(N[C@H]1CCc2ccccc21)N1CCC([C@@H](O)C(F)(F)F)CC1. The average Bonchev–Trinajstić information content (AvgIpc) is 2.96. The molecule has 24 heavy (non-hydrogen) atoms. The van der Waals surface area contributed by atoms with Crippen LogP contribution in [-0.4, -0.2) is 41.4 Å². The molecule has 1 fully saturated rings. The Kier molecular flexibility index (Phi) is 4.71. The van der Waals surface area contributed by atoms with Gasteiger partial charge in [0.25, 0.3) is 0 Å². The smallest absolute Gasteiger partial charge is 0.383 e. The Hall–Kier alpha value is -1.76. The summed E-state index contributed by atoms with van der Waals surface area (Å²) < 4.78 is 37.7. The Morgan fingerprint density at radius 2 is 1.88 bits per heavy atom. The molecule has 3 rings (SSSR count). The molecule has 1 aromatic rings. The topological polar surface area (TPSA) is 52.6 Å². The van der Waals surface area contributed by atoms with E-state index in [-0.39, 0.29) is 38.0 Å². The van der Waals surface area contributed by atoms with Crippen molar-refractivity contribution < 1.29 is 23.1 Å². The van der Waals surface area contributed by atoms with E-state index in [9.17, 15) is 23.1 Å². The molecule has 0 saturated carbocycles. The number of rotatable bonds is 2. The van der Waals surface area contributed by atoms with Crippen molar-refractivity contribution in [3.8, 4) is 0 Å². The quantitative estimate of drug-likeness (QED) is 0.868. The van der Waals surface area contributed by atoms with Crippen molar-refractivity contribution in [2.75, 3.05) is 13.1 Å². The van der Waals surface area contributed by atoms with Crippen LogP contribution in [0.15, 0.2) is 24.3 Å². The minimum Gasteiger partial charge on any atom is -0.383 e. The molecule has 0 spiro atoms. The molecule has 2 atom stereocenters. The highest BCUT2D eigenvalue weighted by atomic mass is 19.4. The van der Waals surface area contributed by atoms with Crippen LogP contribution < -0.4 is 5.32 Å². The standard InChI is InChI=1S/C17H21F3N2O2/c18-17(19,20)15(23)12-7-9-22(10-8-12)16(24)21-14-6-5-11-3-1-2-4-13(11)14/h1-4,12,14-15,23H,5-10H2,(H,21,24)/t14-,15+/m0/s1. The lowest BCUT2D eigenvalue weighted by atomic mass is 9.91. The average molecular weight is 342 g/mol. The summed E-state index contributed by atoms with van der Waals surface area (Å²) in [6.45, 7) is 0.468. The second-order valence-corrected chi connectivity index (χ2v) is 6.55. The molecule has 1 saturated heterocycles. The zero-order valence-electron chi connectivity index (χ0n) is 13.2. The number of benzene rings is 1. The van der Waals surface area contributed by atoms with Crippen molar-refractivity contribution in [2.24, 2.45) is 5.92 Å². The minimum absolute atomic E-state index is 0.0350. The third-order valence-corrected chi connectivity index (χ3v) is 5.04. The normalized spacial score (nSPS) is 23.0. The number of hydrogen-bond acceptors (Lipinski definition) is 2. The van der Waals surface area contributed by atoms with Crippen LogP contribution in [0.1, 0.15) is 36.4 Å². The van der Waals surface area contributed by atoms with Gasteiger partial charge in [0, 0.05) is 13.1 Å². The van der Waals surface area contributed by atoms with Gasteiger partial charge >= 0.3 is 12.2 Å². The van der Waals surface area contributed by atoms with E-state index in [1.54, 1.807) is 4.90 Å². The zero-order chi connectivity index (χ0) is 17.3. The van der Waals surface area contributed by atoms with E-state index >= 15 is 0 Å². The lowest BCUT2D eigenvalue weighted by Crippen LogP contribution is -2.48. The number of likely N-dealkylation sites (tertiary alicyclic amines) is 1. The molecular weight excluding hydrogens is 321 g/mol. The summed E-state index contributed by atoms with van der Waals surface area (Å²) in [5.41, 5.74) is 2.35. The summed E-state index contributed by atoms with van der Waals surface area (Å²) in [4.78, 5) is 13.9. The molecule has 0 radical (unpaired) electrons. The Morgan fingerprint density at radius 3 is 2.54 bits per heavy atom. The number of piperidine rings is 1. The maximum atomic E-state index is 12.6. The molecule has 1 aliphatic carbocycles. The summed E-state index contributed by atoms with van der Waals surface area (Å²) in [6.07, 6.45) is -4.81. The van der Waals surface area contributed by atoms with E-state index in [0.717, 1.165) is 18.4 Å². The fourth-order valence-electron chi connectivity index (χ4n) is 3.63. The Morgan fingerprint density at radius 1 is 1.21 bits per heavy atom. The van der Waals surface area contributed by atoms with E-state index in [1.807, 2.05) is 24.3 Å². The number of aliphatic hydroxyl groups excluding tert-OH is 1. The Labute approximate surface area is 138 Å². The van der Waals surface area contributed by atoms with E-state index in [0.29, 0.717) is 0 Å². The number of carbonyl (C=O) groups excluding carboxylic acids is 1. The number of fused-ring (bicyclic) bond motifs is 1. The third-order valence-electron chi connectivity index (χ3n) is 5.04. The highest BCUT2D eigenvalue weighted by Gasteiger charge is 2.44. The number of alkyl halides is 3. The van der Waals surface area contributed by atoms with Crippen molar-refractivity contribution in [1.29, 1.82) is 0 Å². The highest BCUT2D eigenvalue weighted by molar-refractivity contribution is 5.75. The number of hydrogen-bond donors (Lipinski definition) is 2. The molecule has 0 aromatic heterocycles. The van der Waals surface area contributed by atoms with Crippen molar-refractivity contribution in [2.45, 2.75) is 44.0 Å². The molecule has 2 amide bonds. The minimum atomic E-state index is -4.59. The van der Waals surface area contributed by atoms with Crippen LogP contribution in [0.2, 0.25) is 0 Å². The molecule has 0 bridgehead atoms. The predicted octanol–water partition coefficient (Wildman–Crippen LogP) is 3.02. The summed E-state index contributed by atoms with van der Waals surface area (Å²) in [7, 11) is 0. The summed E-state index contributed by atoms with van der Waals surface area (Å²) >= 11 is 0. The van der Waals surface area contributed by atoms with Crippen molar-refractivity contribution in [3.05, 3.63) is 35.4 Å². The van der Waals surface area contributed by atoms with Gasteiger partial charge in [-0.1, -0.05) is 24.3 Å². The van der Waals surface area contributed by atoms with Gasteiger partial charge in [0.05, 0.1) is 6.04 Å². The monoisotopic (exact) mass is 342 g/mol. The van der Waals surface area contributed by atoms with Crippen molar-refractivity contribution >= 4 is 6.03 Å². The second kappa shape index (κ2) is 6.63. The lowest BCUT2D eigenvalue weighted by molar-refractivity contribution is -0.222. The number of nitrogens with zero attached hydrogens (tertiary/aromatic N) is 1. The second-order valence-electron chi connectivity index (χ2n) is 6.55. The van der Waals surface area contributed by atoms with Gasteiger partial charge in [-0.2, -0.15) is 13.2 Å². The molecule has 2 aliphatic rings. The number of aliphatic hydroxyl groups is 1. The molecule has 132 valence electrons. The molecular formula is C17H21F3N2O2. The van der Waals surface area contributed by atoms with Gasteiger partial charge in [-0.05, 0) is 42.7 Å². The first-order valence-electron chi connectivity index (χ1n) is 8.24. The molecule has 4 nitrogen and oxygen atoms in total. The number of nitrogens with one attached hydrogen (secondary N) is 1. The van der Waals surface area contributed by atoms with E-state index < -0.39 is 18.2 Å². The van der Waals surface area contributed by atoms with Gasteiger partial charge in [-0.15, -0.1) is 0 Å². The first-order valence-corrected chi connectivity index (χ1v) is 8.24. The molecule has 0 unspecified atom stereocenters. The van der Waals surface area contributed by atoms with Crippen LogP contribution in [0.25, 0.3) is 0 Å². The fraction of sp³-hybridized carbons (Fsp3) is 0.588. The van der Waals surface area contributed by atoms with E-state index in [1.165, 1.54) is 5.56 Å². The van der Waals surface area contributed by atoms with E-state index in [4.69, 9.17) is 0 Å². The van der Waals surface area contributed by atoms with Gasteiger partial charge in [0.15, 0.2) is 6.10 Å². The number of halogens is 3. The fourth-order valence-corrected chi connectivity index (χ4v) is 3.63. The first kappa shape index (κ1) is 17.1. The summed E-state index contributed by atoms with van der Waals surface area (Å²) in [5.74, 6) is -0.832. The summed E-state index contributed by atoms with van der Waals surface area (Å²) in [5, 5.41) is 12.3. The maximum Gasteiger partial charge on any atom is 0.414 e. The van der Waals surface area contributed by atoms with E-state index in [2.05, 4.69) is 5.32 Å². The molecule has 1 heterocycles. The Balaban J connectivity index is 1.53. The van der Waals surface area contributed by atoms with Crippen molar-refractivity contribution in [3.63, 3.8) is 0 Å². The van der Waals surface area contributed by atoms with Gasteiger partial charge < -0.3 is 15.3 Å². The molecule has 1 aromatic carbocycles. The molecule has 7 heteroatoms. The van der Waals surface area contributed by atoms with Crippen molar-refractivity contribution in [1.82, 2.24) is 10.2 Å². The molecule has 2 N–H and O–H groups in total. The largest absolute Gasteiger partial charge is 0.414 e. The van der Waals surface area contributed by atoms with Crippen LogP contribution in [-0.2, 0) is 6.42 Å². The van der Waals surface area contributed by atoms with Gasteiger partial charge in [0.1, 0.15) is 0 Å². The predicted molar refractivity (Wildman–Crippen MR) is 82.4 cm³/mol. The van der Waals surface area contributed by atoms with Crippen LogP contribution in [0.5, 0.6) is 0 Å². The van der Waals surface area contributed by atoms with Crippen LogP contribution in [0, 0.1) is 5.92 Å². The Bertz CT molecular complexity index is 598. The lowest BCUT2D eigenvalue weighted by Gasteiger charge is -2.35. The van der Waals surface area contributed by atoms with Crippen LogP contribution in [0.4, 0.5) is 18.0 Å².